The predicted molar refractivity (Wildman–Crippen MR) is 115 cm³/mol. The highest BCUT2D eigenvalue weighted by Crippen LogP contribution is 2.25. The third kappa shape index (κ3) is 4.40. The number of para-hydroxylation sites is 1. The molecule has 3 aromatic rings. The molecular formula is C24H26N2O3. The lowest BCUT2D eigenvalue weighted by Gasteiger charge is -2.38. The van der Waals surface area contributed by atoms with Crippen LogP contribution in [0.5, 0.6) is 0 Å². The van der Waals surface area contributed by atoms with Crippen LogP contribution < -0.4 is 10.5 Å². The lowest BCUT2D eigenvalue weighted by molar-refractivity contribution is -0.119. The van der Waals surface area contributed by atoms with Gasteiger partial charge in [0.15, 0.2) is 0 Å². The number of nitrogens with zero attached hydrogens (tertiary/aromatic N) is 2. The molecule has 5 nitrogen and oxygen atoms in total. The standard InChI is InChI=1S/C24H26N2O3/c1-2-23(27)26(20-6-4-3-5-7-20)21-12-14-25(15-13-21)17-18-8-10-22-19(16-18)9-11-24(28)29-22/h3-11,16,21H,2,12-15,17H2,1H3. The molecule has 0 spiro atoms. The average Bonchev–Trinajstić information content (AvgIpc) is 2.76. The van der Waals surface area contributed by atoms with Crippen molar-refractivity contribution in [1.82, 2.24) is 4.90 Å². The molecule has 150 valence electrons. The molecular weight excluding hydrogens is 364 g/mol. The van der Waals surface area contributed by atoms with Gasteiger partial charge in [-0.3, -0.25) is 9.69 Å². The van der Waals surface area contributed by atoms with Gasteiger partial charge in [-0.2, -0.15) is 0 Å². The first-order valence-electron chi connectivity index (χ1n) is 10.3. The molecule has 5 heteroatoms. The van der Waals surface area contributed by atoms with Gasteiger partial charge in [-0.25, -0.2) is 4.79 Å². The number of carbonyl (C=O) groups is 1. The quantitative estimate of drug-likeness (QED) is 0.613. The Bertz CT molecular complexity index is 1040. The van der Waals surface area contributed by atoms with Gasteiger partial charge in [0.1, 0.15) is 5.58 Å². The van der Waals surface area contributed by atoms with Gasteiger partial charge in [0.2, 0.25) is 5.91 Å². The predicted octanol–water partition coefficient (Wildman–Crippen LogP) is 4.20. The van der Waals surface area contributed by atoms with E-state index < -0.39 is 0 Å². The highest BCUT2D eigenvalue weighted by Gasteiger charge is 2.28. The Kier molecular flexibility index (Phi) is 5.76. The topological polar surface area (TPSA) is 53.8 Å². The zero-order chi connectivity index (χ0) is 20.2. The van der Waals surface area contributed by atoms with Gasteiger partial charge in [0, 0.05) is 49.2 Å². The zero-order valence-corrected chi connectivity index (χ0v) is 16.7. The normalized spacial score (nSPS) is 15.5. The fourth-order valence-corrected chi connectivity index (χ4v) is 4.13. The summed E-state index contributed by atoms with van der Waals surface area (Å²) in [5, 5.41) is 0.945. The van der Waals surface area contributed by atoms with Crippen LogP contribution in [-0.2, 0) is 11.3 Å². The van der Waals surface area contributed by atoms with Crippen LogP contribution in [0.15, 0.2) is 69.9 Å². The minimum absolute atomic E-state index is 0.186. The Balaban J connectivity index is 1.42. The van der Waals surface area contributed by atoms with Crippen molar-refractivity contribution < 1.29 is 9.21 Å². The van der Waals surface area contributed by atoms with Gasteiger partial charge >= 0.3 is 5.63 Å². The maximum Gasteiger partial charge on any atom is 0.336 e. The Morgan fingerprint density at radius 3 is 2.55 bits per heavy atom. The molecule has 29 heavy (non-hydrogen) atoms. The lowest BCUT2D eigenvalue weighted by atomic mass is 10.0. The third-order valence-electron chi connectivity index (χ3n) is 5.62. The Hall–Kier alpha value is -2.92. The molecule has 1 aliphatic rings. The number of fused-ring (bicyclic) bond motifs is 1. The van der Waals surface area contributed by atoms with E-state index in [1.54, 1.807) is 0 Å². The molecule has 0 saturated carbocycles. The monoisotopic (exact) mass is 390 g/mol. The molecule has 0 unspecified atom stereocenters. The van der Waals surface area contributed by atoms with Crippen molar-refractivity contribution in [3.05, 3.63) is 76.6 Å². The molecule has 4 rings (SSSR count). The number of amides is 1. The van der Waals surface area contributed by atoms with E-state index in [1.807, 2.05) is 60.4 Å². The number of piperidine rings is 1. The summed E-state index contributed by atoms with van der Waals surface area (Å²) >= 11 is 0. The second-order valence-electron chi connectivity index (χ2n) is 7.59. The van der Waals surface area contributed by atoms with Crippen LogP contribution in [0, 0.1) is 0 Å². The maximum absolute atomic E-state index is 12.6. The molecule has 0 atom stereocenters. The van der Waals surface area contributed by atoms with E-state index in [-0.39, 0.29) is 17.6 Å². The fraction of sp³-hybridized carbons (Fsp3) is 0.333. The summed E-state index contributed by atoms with van der Waals surface area (Å²) in [6.45, 7) is 4.68. The average molecular weight is 390 g/mol. The van der Waals surface area contributed by atoms with Crippen molar-refractivity contribution in [2.45, 2.75) is 38.8 Å². The van der Waals surface area contributed by atoms with Crippen LogP contribution in [0.2, 0.25) is 0 Å². The fourth-order valence-electron chi connectivity index (χ4n) is 4.13. The van der Waals surface area contributed by atoms with Crippen molar-refractivity contribution in [2.75, 3.05) is 18.0 Å². The summed E-state index contributed by atoms with van der Waals surface area (Å²) in [6, 6.07) is 19.5. The molecule has 1 aliphatic heterocycles. The van der Waals surface area contributed by atoms with E-state index in [4.69, 9.17) is 4.42 Å². The summed E-state index contributed by atoms with van der Waals surface area (Å²) in [5.74, 6) is 0.186. The first-order valence-corrected chi connectivity index (χ1v) is 10.3. The molecule has 0 radical (unpaired) electrons. The number of anilines is 1. The first kappa shape index (κ1) is 19.4. The molecule has 1 saturated heterocycles. The van der Waals surface area contributed by atoms with E-state index in [9.17, 15) is 9.59 Å². The van der Waals surface area contributed by atoms with Crippen molar-refractivity contribution in [1.29, 1.82) is 0 Å². The van der Waals surface area contributed by atoms with E-state index in [2.05, 4.69) is 11.0 Å². The second-order valence-corrected chi connectivity index (χ2v) is 7.59. The Labute approximate surface area is 170 Å². The highest BCUT2D eigenvalue weighted by molar-refractivity contribution is 5.93. The molecule has 0 aliphatic carbocycles. The van der Waals surface area contributed by atoms with E-state index in [0.717, 1.165) is 43.5 Å². The molecule has 1 fully saturated rings. The van der Waals surface area contributed by atoms with Crippen molar-refractivity contribution in [2.24, 2.45) is 0 Å². The van der Waals surface area contributed by atoms with Crippen LogP contribution in [0.3, 0.4) is 0 Å². The summed E-state index contributed by atoms with van der Waals surface area (Å²) < 4.78 is 5.22. The van der Waals surface area contributed by atoms with E-state index in [1.165, 1.54) is 11.6 Å². The van der Waals surface area contributed by atoms with Gasteiger partial charge in [-0.05, 0) is 48.7 Å². The van der Waals surface area contributed by atoms with Crippen molar-refractivity contribution in [3.63, 3.8) is 0 Å². The van der Waals surface area contributed by atoms with Crippen LogP contribution in [-0.4, -0.2) is 29.9 Å². The Morgan fingerprint density at radius 1 is 1.07 bits per heavy atom. The molecule has 1 amide bonds. The van der Waals surface area contributed by atoms with Gasteiger partial charge in [0.25, 0.3) is 0 Å². The largest absolute Gasteiger partial charge is 0.423 e. The smallest absolute Gasteiger partial charge is 0.336 e. The van der Waals surface area contributed by atoms with Crippen molar-refractivity contribution >= 4 is 22.6 Å². The van der Waals surface area contributed by atoms with Gasteiger partial charge < -0.3 is 9.32 Å². The van der Waals surface area contributed by atoms with Crippen LogP contribution in [0.4, 0.5) is 5.69 Å². The van der Waals surface area contributed by atoms with Crippen molar-refractivity contribution in [3.8, 4) is 0 Å². The zero-order valence-electron chi connectivity index (χ0n) is 16.7. The minimum atomic E-state index is -0.322. The maximum atomic E-state index is 12.6. The SMILES string of the molecule is CCC(=O)N(c1ccccc1)C1CCN(Cc2ccc3oc(=O)ccc3c2)CC1. The van der Waals surface area contributed by atoms with Gasteiger partial charge in [-0.1, -0.05) is 31.2 Å². The Morgan fingerprint density at radius 2 is 1.83 bits per heavy atom. The van der Waals surface area contributed by atoms with E-state index >= 15 is 0 Å². The van der Waals surface area contributed by atoms with Gasteiger partial charge in [-0.15, -0.1) is 0 Å². The number of hydrogen-bond donors (Lipinski definition) is 0. The molecule has 2 heterocycles. The first-order chi connectivity index (χ1) is 14.1. The van der Waals surface area contributed by atoms with Crippen LogP contribution in [0.25, 0.3) is 11.0 Å². The third-order valence-corrected chi connectivity index (χ3v) is 5.62. The second kappa shape index (κ2) is 8.62. The molecule has 0 N–H and O–H groups in total. The van der Waals surface area contributed by atoms with Crippen LogP contribution >= 0.6 is 0 Å². The lowest BCUT2D eigenvalue weighted by Crippen LogP contribution is -2.47. The molecule has 0 bridgehead atoms. The van der Waals surface area contributed by atoms with Crippen LogP contribution in [0.1, 0.15) is 31.7 Å². The number of rotatable bonds is 5. The molecule has 1 aromatic heterocycles. The van der Waals surface area contributed by atoms with Gasteiger partial charge in [0.05, 0.1) is 0 Å². The number of likely N-dealkylation sites (tertiary alicyclic amines) is 1. The van der Waals surface area contributed by atoms with E-state index in [0.29, 0.717) is 12.0 Å². The summed E-state index contributed by atoms with van der Waals surface area (Å²) in [4.78, 5) is 28.4. The number of carbonyl (C=O) groups excluding carboxylic acids is 1. The number of benzene rings is 2. The summed E-state index contributed by atoms with van der Waals surface area (Å²) in [5.41, 5.74) is 2.50. The highest BCUT2D eigenvalue weighted by atomic mass is 16.4. The summed E-state index contributed by atoms with van der Waals surface area (Å²) in [7, 11) is 0. The molecule has 2 aromatic carbocycles. The number of hydrogen-bond acceptors (Lipinski definition) is 4. The minimum Gasteiger partial charge on any atom is -0.423 e. The summed E-state index contributed by atoms with van der Waals surface area (Å²) in [6.07, 6.45) is 2.44.